The van der Waals surface area contributed by atoms with Crippen molar-refractivity contribution in [3.63, 3.8) is 0 Å². The van der Waals surface area contributed by atoms with E-state index in [0.717, 1.165) is 26.2 Å². The number of hydrogen-bond acceptors (Lipinski definition) is 6. The number of quaternary nitrogens is 2. The normalized spacial score (nSPS) is 13.4. The zero-order chi connectivity index (χ0) is 25.1. The molecule has 184 valence electrons. The summed E-state index contributed by atoms with van der Waals surface area (Å²) in [4.78, 5) is 0. The van der Waals surface area contributed by atoms with Gasteiger partial charge in [-0.25, -0.2) is 0 Å². The summed E-state index contributed by atoms with van der Waals surface area (Å²) in [6.07, 6.45) is 6.50. The van der Waals surface area contributed by atoms with Crippen molar-refractivity contribution in [2.45, 2.75) is 12.2 Å². The average molecular weight is 506 g/mol. The minimum Gasteiger partial charge on any atom is -0.759 e. The highest BCUT2D eigenvalue weighted by molar-refractivity contribution is 7.79. The lowest BCUT2D eigenvalue weighted by molar-refractivity contribution is -0.901. The van der Waals surface area contributed by atoms with E-state index in [-0.39, 0.29) is 11.8 Å². The van der Waals surface area contributed by atoms with Crippen LogP contribution >= 0.6 is 23.2 Å². The van der Waals surface area contributed by atoms with Crippen molar-refractivity contribution in [2.75, 3.05) is 65.1 Å². The van der Waals surface area contributed by atoms with E-state index < -0.39 is 22.6 Å². The van der Waals surface area contributed by atoms with Gasteiger partial charge in [0, 0.05) is 10.4 Å². The average Bonchev–Trinajstić information content (AvgIpc) is 2.61. The topological polar surface area (TPSA) is 121 Å². The Morgan fingerprint density at radius 3 is 1.10 bits per heavy atom. The zero-order valence-electron chi connectivity index (χ0n) is 18.5. The zero-order valence-corrected chi connectivity index (χ0v) is 20.9. The van der Waals surface area contributed by atoms with Crippen LogP contribution in [-0.4, -0.2) is 114 Å². The summed E-state index contributed by atoms with van der Waals surface area (Å²) in [7, 11) is -1.06. The van der Waals surface area contributed by atoms with Gasteiger partial charge in [-0.05, 0) is 24.3 Å². The number of aliphatic hydroxyl groups is 2. The van der Waals surface area contributed by atoms with Gasteiger partial charge in [0.15, 0.2) is 0 Å². The molecule has 0 radical (unpaired) electrons. The van der Waals surface area contributed by atoms with Crippen molar-refractivity contribution in [2.24, 2.45) is 0 Å². The summed E-state index contributed by atoms with van der Waals surface area (Å²) in [5.41, 5.74) is 0. The van der Waals surface area contributed by atoms with Crippen LogP contribution in [0.4, 0.5) is 0 Å². The number of rotatable bonds is 14. The predicted molar refractivity (Wildman–Crippen MR) is 126 cm³/mol. The molecule has 0 spiro atoms. The second-order valence-electron chi connectivity index (χ2n) is 7.51. The van der Waals surface area contributed by atoms with Crippen LogP contribution in [0.15, 0.2) is 50.6 Å². The molecule has 0 saturated carbocycles. The van der Waals surface area contributed by atoms with Gasteiger partial charge in [-0.15, -0.1) is 23.2 Å². The largest absolute Gasteiger partial charge is 0.759 e. The molecule has 0 aromatic heterocycles. The highest BCUT2D eigenvalue weighted by Gasteiger charge is 2.22. The van der Waals surface area contributed by atoms with Gasteiger partial charge in [0.05, 0.1) is 52.0 Å². The molecule has 0 aliphatic carbocycles. The summed E-state index contributed by atoms with van der Waals surface area (Å²) >= 11 is 11.1. The van der Waals surface area contributed by atoms with Crippen LogP contribution < -0.4 is 0 Å². The van der Waals surface area contributed by atoms with E-state index in [1.807, 2.05) is 24.3 Å². The minimum atomic E-state index is -5.17. The number of alkyl halides is 2. The van der Waals surface area contributed by atoms with Gasteiger partial charge in [-0.1, -0.05) is 26.3 Å². The Bertz CT molecular complexity index is 551. The summed E-state index contributed by atoms with van der Waals surface area (Å²) < 4.78 is 35.5. The molecule has 11 heteroatoms. The summed E-state index contributed by atoms with van der Waals surface area (Å²) in [6, 6.07) is 0. The monoisotopic (exact) mass is 504 g/mol. The van der Waals surface area contributed by atoms with E-state index in [9.17, 15) is 10.2 Å². The third kappa shape index (κ3) is 25.4. The van der Waals surface area contributed by atoms with E-state index >= 15 is 0 Å². The first-order chi connectivity index (χ1) is 14.2. The fourth-order valence-electron chi connectivity index (χ4n) is 2.81. The van der Waals surface area contributed by atoms with Gasteiger partial charge in [-0.2, -0.15) is 0 Å². The maximum absolute atomic E-state index is 9.43. The van der Waals surface area contributed by atoms with E-state index in [1.165, 1.54) is 0 Å². The van der Waals surface area contributed by atoms with Gasteiger partial charge in [0.1, 0.15) is 25.3 Å². The van der Waals surface area contributed by atoms with E-state index in [4.69, 9.17) is 40.7 Å². The third-order valence-electron chi connectivity index (χ3n) is 3.94. The molecule has 0 aromatic rings. The van der Waals surface area contributed by atoms with Crippen molar-refractivity contribution in [3.8, 4) is 0 Å². The van der Waals surface area contributed by atoms with Crippen LogP contribution in [0.2, 0.25) is 0 Å². The SMILES string of the molecule is C=CC[N+](C)(CC=C)CC(O)CCl.C=CC[N+](C)(CC=C)CC(O)CCl.O=S(=O)([O-])[O-]. The summed E-state index contributed by atoms with van der Waals surface area (Å²) in [5, 5.41) is 18.9. The Labute approximate surface area is 198 Å². The fraction of sp³-hybridized carbons (Fsp3) is 0.600. The molecule has 2 unspecified atom stereocenters. The predicted octanol–water partition coefficient (Wildman–Crippen LogP) is 1.47. The Morgan fingerprint density at radius 1 is 0.774 bits per heavy atom. The standard InChI is InChI=1S/2C10H19ClNO.H2O4S/c2*1-4-6-12(3,7-5-2)9-10(13)8-11;1-5(2,3)4/h2*4-5,10,13H,1-2,6-9H2,3H3;(H2,1,2,3,4)/q2*+1;/p-2. The van der Waals surface area contributed by atoms with Gasteiger partial charge >= 0.3 is 0 Å². The maximum Gasteiger partial charge on any atom is 0.116 e. The molecular weight excluding hydrogens is 467 g/mol. The van der Waals surface area contributed by atoms with E-state index in [2.05, 4.69) is 40.4 Å². The first-order valence-corrected chi connectivity index (χ1v) is 11.8. The highest BCUT2D eigenvalue weighted by Crippen LogP contribution is 2.06. The number of nitrogens with zero attached hydrogens (tertiary/aromatic N) is 2. The molecule has 0 rings (SSSR count). The van der Waals surface area contributed by atoms with E-state index in [0.29, 0.717) is 22.1 Å². The maximum atomic E-state index is 9.43. The molecule has 0 saturated heterocycles. The summed E-state index contributed by atoms with van der Waals surface area (Å²) in [6.45, 7) is 19.3. The van der Waals surface area contributed by atoms with Crippen LogP contribution in [-0.2, 0) is 10.4 Å². The molecule has 0 aliphatic rings. The Hall–Kier alpha value is -0.750. The molecule has 2 atom stereocenters. The number of hydrogen-bond donors (Lipinski definition) is 2. The molecule has 0 heterocycles. The highest BCUT2D eigenvalue weighted by atomic mass is 35.5. The lowest BCUT2D eigenvalue weighted by Crippen LogP contribution is -2.49. The number of likely N-dealkylation sites (N-methyl/N-ethyl adjacent to an activating group) is 2. The molecule has 2 N–H and O–H groups in total. The Balaban J connectivity index is -0.000000416. The van der Waals surface area contributed by atoms with Gasteiger partial charge < -0.3 is 28.3 Å². The van der Waals surface area contributed by atoms with E-state index in [1.54, 1.807) is 0 Å². The summed E-state index contributed by atoms with van der Waals surface area (Å²) in [5.74, 6) is 0.560. The van der Waals surface area contributed by atoms with Crippen molar-refractivity contribution in [3.05, 3.63) is 50.6 Å². The molecular formula is C20H38Cl2N2O6S. The molecule has 0 fully saturated rings. The van der Waals surface area contributed by atoms with Crippen LogP contribution in [0.5, 0.6) is 0 Å². The molecule has 0 amide bonds. The van der Waals surface area contributed by atoms with Crippen LogP contribution in [0.1, 0.15) is 0 Å². The van der Waals surface area contributed by atoms with Crippen molar-refractivity contribution < 1.29 is 36.7 Å². The second-order valence-corrected chi connectivity index (χ2v) is 8.95. The van der Waals surface area contributed by atoms with Crippen molar-refractivity contribution in [1.29, 1.82) is 0 Å². The second kappa shape index (κ2) is 18.8. The molecule has 8 nitrogen and oxygen atoms in total. The third-order valence-corrected chi connectivity index (χ3v) is 4.65. The molecule has 31 heavy (non-hydrogen) atoms. The van der Waals surface area contributed by atoms with Crippen molar-refractivity contribution in [1.82, 2.24) is 0 Å². The Kier molecular flexibility index (Phi) is 21.1. The van der Waals surface area contributed by atoms with Gasteiger partial charge in [0.25, 0.3) is 0 Å². The molecule has 0 aliphatic heterocycles. The van der Waals surface area contributed by atoms with Crippen LogP contribution in [0.3, 0.4) is 0 Å². The first-order valence-electron chi connectivity index (χ1n) is 9.41. The molecule has 0 aromatic carbocycles. The van der Waals surface area contributed by atoms with Crippen molar-refractivity contribution >= 4 is 33.6 Å². The Morgan fingerprint density at radius 2 is 0.968 bits per heavy atom. The lowest BCUT2D eigenvalue weighted by Gasteiger charge is -2.33. The first kappa shape index (κ1) is 34.9. The van der Waals surface area contributed by atoms with Gasteiger partial charge in [0.2, 0.25) is 0 Å². The number of aliphatic hydroxyl groups excluding tert-OH is 2. The molecule has 0 bridgehead atoms. The van der Waals surface area contributed by atoms with Gasteiger partial charge in [-0.3, -0.25) is 8.42 Å². The lowest BCUT2D eigenvalue weighted by atomic mass is 10.3. The van der Waals surface area contributed by atoms with Crippen LogP contribution in [0.25, 0.3) is 0 Å². The number of halogens is 2. The fourth-order valence-corrected chi connectivity index (χ4v) is 3.00. The quantitative estimate of drug-likeness (QED) is 0.121. The van der Waals surface area contributed by atoms with Crippen LogP contribution in [0, 0.1) is 0 Å². The minimum absolute atomic E-state index is 0.280. The smallest absolute Gasteiger partial charge is 0.116 e.